The van der Waals surface area contributed by atoms with Gasteiger partial charge in [0.15, 0.2) is 15.7 Å². The maximum absolute atomic E-state index is 13.2. The highest BCUT2D eigenvalue weighted by Gasteiger charge is 2.35. The SMILES string of the molecule is CC(C)(C)OC(=O)N(C(=O)OC(C)(C)C)c1ncccc1C#Cc1nccc2cnc(Nc3ccc(S(=O)(=O)C4CCC4)cc3)cc12. The lowest BCUT2D eigenvalue weighted by Crippen LogP contribution is -2.44. The van der Waals surface area contributed by atoms with Crippen molar-refractivity contribution in [1.82, 2.24) is 15.0 Å². The van der Waals surface area contributed by atoms with Gasteiger partial charge in [-0.05, 0) is 109 Å². The average molecular weight is 656 g/mol. The Morgan fingerprint density at radius 2 is 1.53 bits per heavy atom. The van der Waals surface area contributed by atoms with E-state index in [9.17, 15) is 18.0 Å². The van der Waals surface area contributed by atoms with Crippen molar-refractivity contribution in [3.63, 3.8) is 0 Å². The molecule has 1 saturated carbocycles. The molecule has 244 valence electrons. The van der Waals surface area contributed by atoms with E-state index in [1.165, 1.54) is 6.20 Å². The molecule has 0 spiro atoms. The molecular formula is C35H37N5O6S. The van der Waals surface area contributed by atoms with Crippen LogP contribution >= 0.6 is 0 Å². The summed E-state index contributed by atoms with van der Waals surface area (Å²) in [6.07, 6.45) is 5.19. The summed E-state index contributed by atoms with van der Waals surface area (Å²) in [7, 11) is -3.32. The van der Waals surface area contributed by atoms with E-state index in [0.717, 1.165) is 16.7 Å². The van der Waals surface area contributed by atoms with Crippen LogP contribution in [0.4, 0.5) is 26.9 Å². The van der Waals surface area contributed by atoms with Crippen LogP contribution in [-0.2, 0) is 19.3 Å². The molecule has 2 amide bonds. The predicted octanol–water partition coefficient (Wildman–Crippen LogP) is 7.17. The Bertz CT molecular complexity index is 1960. The van der Waals surface area contributed by atoms with Gasteiger partial charge in [-0.3, -0.25) is 0 Å². The number of carbonyl (C=O) groups is 2. The van der Waals surface area contributed by atoms with Gasteiger partial charge in [-0.15, -0.1) is 0 Å². The zero-order valence-electron chi connectivity index (χ0n) is 27.2. The van der Waals surface area contributed by atoms with Crippen LogP contribution in [0.3, 0.4) is 0 Å². The van der Waals surface area contributed by atoms with Gasteiger partial charge in [-0.25, -0.2) is 33.0 Å². The second kappa shape index (κ2) is 13.0. The normalized spacial score (nSPS) is 13.6. The quantitative estimate of drug-likeness (QED) is 0.220. The summed E-state index contributed by atoms with van der Waals surface area (Å²) in [5, 5.41) is 4.40. The van der Waals surface area contributed by atoms with E-state index in [0.29, 0.717) is 40.3 Å². The molecule has 1 aliphatic carbocycles. The first-order chi connectivity index (χ1) is 22.1. The van der Waals surface area contributed by atoms with E-state index >= 15 is 0 Å². The second-order valence-electron chi connectivity index (χ2n) is 13.1. The number of nitrogens with one attached hydrogen (secondary N) is 1. The predicted molar refractivity (Wildman–Crippen MR) is 179 cm³/mol. The van der Waals surface area contributed by atoms with Gasteiger partial charge in [0.25, 0.3) is 0 Å². The van der Waals surface area contributed by atoms with E-state index in [2.05, 4.69) is 32.1 Å². The number of ether oxygens (including phenoxy) is 2. The first-order valence-corrected chi connectivity index (χ1v) is 16.7. The molecule has 1 aromatic carbocycles. The lowest BCUT2D eigenvalue weighted by atomic mass is 10.00. The molecule has 1 fully saturated rings. The van der Waals surface area contributed by atoms with E-state index in [4.69, 9.17) is 9.47 Å². The van der Waals surface area contributed by atoms with Crippen LogP contribution in [0.1, 0.15) is 72.1 Å². The van der Waals surface area contributed by atoms with Crippen LogP contribution in [0.15, 0.2) is 72.0 Å². The minimum atomic E-state index is -3.32. The summed E-state index contributed by atoms with van der Waals surface area (Å²) in [5.41, 5.74) is -0.413. The number of benzene rings is 1. The van der Waals surface area contributed by atoms with Gasteiger partial charge in [0.05, 0.1) is 15.7 Å². The van der Waals surface area contributed by atoms with Crippen LogP contribution in [0, 0.1) is 11.8 Å². The number of amides is 2. The molecule has 5 rings (SSSR count). The summed E-state index contributed by atoms with van der Waals surface area (Å²) >= 11 is 0. The van der Waals surface area contributed by atoms with Crippen LogP contribution in [0.5, 0.6) is 0 Å². The van der Waals surface area contributed by atoms with Gasteiger partial charge in [0.1, 0.15) is 22.7 Å². The van der Waals surface area contributed by atoms with Crippen molar-refractivity contribution in [3.05, 3.63) is 78.4 Å². The zero-order chi connectivity index (χ0) is 34.0. The van der Waals surface area contributed by atoms with E-state index in [1.54, 1.807) is 102 Å². The highest BCUT2D eigenvalue weighted by atomic mass is 32.2. The summed E-state index contributed by atoms with van der Waals surface area (Å²) in [6.45, 7) is 10.1. The van der Waals surface area contributed by atoms with Gasteiger partial charge in [0.2, 0.25) is 0 Å². The van der Waals surface area contributed by atoms with Crippen molar-refractivity contribution in [1.29, 1.82) is 0 Å². The molecule has 0 bridgehead atoms. The average Bonchev–Trinajstić information content (AvgIpc) is 2.94. The van der Waals surface area contributed by atoms with Gasteiger partial charge < -0.3 is 14.8 Å². The van der Waals surface area contributed by atoms with Crippen molar-refractivity contribution in [2.24, 2.45) is 0 Å². The van der Waals surface area contributed by atoms with E-state index in [-0.39, 0.29) is 16.6 Å². The maximum Gasteiger partial charge on any atom is 0.425 e. The topological polar surface area (TPSA) is 141 Å². The molecule has 0 radical (unpaired) electrons. The third-order valence-electron chi connectivity index (χ3n) is 7.06. The van der Waals surface area contributed by atoms with Gasteiger partial charge in [0, 0.05) is 35.1 Å². The van der Waals surface area contributed by atoms with Crippen molar-refractivity contribution >= 4 is 50.1 Å². The fourth-order valence-corrected chi connectivity index (χ4v) is 6.50. The van der Waals surface area contributed by atoms with Gasteiger partial charge in [-0.2, -0.15) is 4.90 Å². The largest absolute Gasteiger partial charge is 0.443 e. The molecule has 12 heteroatoms. The molecular weight excluding hydrogens is 618 g/mol. The monoisotopic (exact) mass is 655 g/mol. The molecule has 1 aliphatic rings. The second-order valence-corrected chi connectivity index (χ2v) is 15.3. The molecule has 3 aromatic heterocycles. The Morgan fingerprint density at radius 1 is 0.872 bits per heavy atom. The standard InChI is InChI=1S/C35H37N5O6S/c1-34(2,3)45-32(41)40(33(42)46-35(4,5)6)31-23(9-8-19-37-31)12-17-29-28-21-30(38-22-24(28)18-20-36-29)39-25-13-15-27(16-14-25)47(43,44)26-10-7-11-26/h8-9,13-16,18-22,26H,7,10-11H2,1-6H3,(H,38,39). The fraction of sp³-hybridized carbons (Fsp3) is 0.343. The molecule has 4 aromatic rings. The van der Waals surface area contributed by atoms with Crippen molar-refractivity contribution < 1.29 is 27.5 Å². The molecule has 3 heterocycles. The van der Waals surface area contributed by atoms with Crippen LogP contribution < -0.4 is 10.2 Å². The smallest absolute Gasteiger partial charge is 0.425 e. The summed E-state index contributed by atoms with van der Waals surface area (Å²) in [4.78, 5) is 40.8. The summed E-state index contributed by atoms with van der Waals surface area (Å²) < 4.78 is 36.5. The van der Waals surface area contributed by atoms with Gasteiger partial charge in [-0.1, -0.05) is 12.3 Å². The number of imide groups is 1. The summed E-state index contributed by atoms with van der Waals surface area (Å²) in [5.74, 6) is 6.53. The molecule has 0 saturated heterocycles. The number of pyridine rings is 3. The van der Waals surface area contributed by atoms with E-state index < -0.39 is 33.2 Å². The Hall–Kier alpha value is -5.02. The maximum atomic E-state index is 13.2. The molecule has 0 unspecified atom stereocenters. The number of hydrogen-bond donors (Lipinski definition) is 1. The van der Waals surface area contributed by atoms with Crippen molar-refractivity contribution in [2.45, 2.75) is 82.2 Å². The molecule has 0 aliphatic heterocycles. The lowest BCUT2D eigenvalue weighted by Gasteiger charge is -2.28. The highest BCUT2D eigenvalue weighted by molar-refractivity contribution is 7.92. The van der Waals surface area contributed by atoms with Crippen LogP contribution in [0.2, 0.25) is 0 Å². The fourth-order valence-electron chi connectivity index (χ4n) is 4.64. The molecule has 1 N–H and O–H groups in total. The minimum Gasteiger partial charge on any atom is -0.443 e. The van der Waals surface area contributed by atoms with Crippen molar-refractivity contribution in [2.75, 3.05) is 10.2 Å². The summed E-state index contributed by atoms with van der Waals surface area (Å²) in [6, 6.07) is 13.5. The highest BCUT2D eigenvalue weighted by Crippen LogP contribution is 2.32. The zero-order valence-corrected chi connectivity index (χ0v) is 28.0. The molecule has 0 atom stereocenters. The Morgan fingerprint density at radius 3 is 2.13 bits per heavy atom. The number of aromatic nitrogens is 3. The molecule has 47 heavy (non-hydrogen) atoms. The van der Waals surface area contributed by atoms with E-state index in [1.807, 2.05) is 0 Å². The first-order valence-electron chi connectivity index (χ1n) is 15.2. The molecule has 11 nitrogen and oxygen atoms in total. The lowest BCUT2D eigenvalue weighted by molar-refractivity contribution is 0.0429. The first kappa shape index (κ1) is 33.3. The number of rotatable bonds is 5. The van der Waals surface area contributed by atoms with Gasteiger partial charge >= 0.3 is 12.2 Å². The number of nitrogens with zero attached hydrogens (tertiary/aromatic N) is 4. The number of anilines is 3. The Labute approximate surface area is 274 Å². The van der Waals surface area contributed by atoms with Crippen LogP contribution in [-0.4, -0.2) is 52.0 Å². The third-order valence-corrected chi connectivity index (χ3v) is 9.34. The number of sulfone groups is 1. The van der Waals surface area contributed by atoms with Crippen LogP contribution in [0.25, 0.3) is 10.8 Å². The number of fused-ring (bicyclic) bond motifs is 1. The third kappa shape index (κ3) is 8.04. The van der Waals surface area contributed by atoms with Crippen molar-refractivity contribution in [3.8, 4) is 11.8 Å². The Balaban J connectivity index is 1.46. The Kier molecular flexibility index (Phi) is 9.22. The minimum absolute atomic E-state index is 0.0458. The number of hydrogen-bond acceptors (Lipinski definition) is 10. The number of carbonyl (C=O) groups excluding carboxylic acids is 2.